The van der Waals surface area contributed by atoms with Gasteiger partial charge >= 0.3 is 0 Å². The van der Waals surface area contributed by atoms with Gasteiger partial charge in [0.25, 0.3) is 0 Å². The summed E-state index contributed by atoms with van der Waals surface area (Å²) in [6, 6.07) is 6.02. The van der Waals surface area contributed by atoms with Crippen molar-refractivity contribution in [3.8, 4) is 5.75 Å². The van der Waals surface area contributed by atoms with Crippen molar-refractivity contribution in [1.82, 2.24) is 4.98 Å². The summed E-state index contributed by atoms with van der Waals surface area (Å²) in [7, 11) is 1.68. The molecule has 2 rings (SSSR count). The molecule has 1 aromatic carbocycles. The topological polar surface area (TPSA) is 61.2 Å². The Balaban J connectivity index is 2.38. The van der Waals surface area contributed by atoms with E-state index in [0.717, 1.165) is 35.1 Å². The largest absolute Gasteiger partial charge is 0.497 e. The number of hydrogen-bond donors (Lipinski definition) is 2. The number of H-pyrrole nitrogens is 1. The Bertz CT molecular complexity index is 598. The van der Waals surface area contributed by atoms with Crippen LogP contribution in [-0.4, -0.2) is 18.6 Å². The highest BCUT2D eigenvalue weighted by atomic mass is 16.5. The van der Waals surface area contributed by atoms with Crippen LogP contribution in [0.4, 0.5) is 0 Å². The highest BCUT2D eigenvalue weighted by Gasteiger charge is 2.04. The Morgan fingerprint density at radius 1 is 1.47 bits per heavy atom. The summed E-state index contributed by atoms with van der Waals surface area (Å²) < 4.78 is 5.27. The minimum Gasteiger partial charge on any atom is -0.497 e. The maximum atomic E-state index is 6.88. The number of aromatic amines is 1. The van der Waals surface area contributed by atoms with Gasteiger partial charge in [-0.3, -0.25) is 0 Å². The van der Waals surface area contributed by atoms with Gasteiger partial charge in [0, 0.05) is 17.1 Å². The van der Waals surface area contributed by atoms with Crippen molar-refractivity contribution in [1.29, 1.82) is 5.53 Å². The Labute approximate surface area is 113 Å². The molecule has 0 amide bonds. The molecule has 0 bridgehead atoms. The molecule has 2 N–H and O–H groups in total. The molecule has 0 aliphatic heterocycles. The molecule has 2 aromatic rings. The van der Waals surface area contributed by atoms with Crippen LogP contribution in [0.15, 0.2) is 35.1 Å². The molecular formula is C15H19N3O. The lowest BCUT2D eigenvalue weighted by Crippen LogP contribution is -1.86. The average molecular weight is 257 g/mol. The van der Waals surface area contributed by atoms with Gasteiger partial charge in [-0.1, -0.05) is 18.6 Å². The molecule has 0 atom stereocenters. The number of nitrogens with one attached hydrogen (secondary N) is 2. The summed E-state index contributed by atoms with van der Waals surface area (Å²) in [4.78, 5) is 3.26. The van der Waals surface area contributed by atoms with Crippen molar-refractivity contribution in [3.05, 3.63) is 35.5 Å². The number of benzene rings is 1. The molecule has 0 saturated heterocycles. The lowest BCUT2D eigenvalue weighted by atomic mass is 10.1. The zero-order valence-electron chi connectivity index (χ0n) is 11.4. The second-order valence-electron chi connectivity index (χ2n) is 4.44. The summed E-state index contributed by atoms with van der Waals surface area (Å²) in [5.74, 6) is 0.862. The first-order chi connectivity index (χ1) is 9.28. The fourth-order valence-electron chi connectivity index (χ4n) is 2.14. The number of methoxy groups -OCH3 is 1. The van der Waals surface area contributed by atoms with Gasteiger partial charge in [-0.05, 0) is 36.6 Å². The lowest BCUT2D eigenvalue weighted by molar-refractivity contribution is 0.415. The van der Waals surface area contributed by atoms with E-state index in [2.05, 4.69) is 23.1 Å². The quantitative estimate of drug-likeness (QED) is 0.741. The van der Waals surface area contributed by atoms with Gasteiger partial charge < -0.3 is 9.72 Å². The van der Waals surface area contributed by atoms with E-state index in [1.165, 1.54) is 5.57 Å². The summed E-state index contributed by atoms with van der Waals surface area (Å²) in [5, 5.41) is 4.58. The SMILES string of the molecule is CCC(=Cc1c[nH]c2ccc(OC)cc12)CCN=N. The first-order valence-electron chi connectivity index (χ1n) is 6.46. The number of rotatable bonds is 6. The number of nitrogens with zero attached hydrogens (tertiary/aromatic N) is 1. The van der Waals surface area contributed by atoms with Gasteiger partial charge in [-0.2, -0.15) is 5.11 Å². The van der Waals surface area contributed by atoms with Crippen LogP contribution in [0, 0.1) is 5.53 Å². The van der Waals surface area contributed by atoms with E-state index >= 15 is 0 Å². The predicted molar refractivity (Wildman–Crippen MR) is 77.8 cm³/mol. The fourth-order valence-corrected chi connectivity index (χ4v) is 2.14. The van der Waals surface area contributed by atoms with E-state index in [1.54, 1.807) is 7.11 Å². The van der Waals surface area contributed by atoms with Crippen LogP contribution in [-0.2, 0) is 0 Å². The van der Waals surface area contributed by atoms with Crippen molar-refractivity contribution < 1.29 is 4.74 Å². The van der Waals surface area contributed by atoms with Crippen LogP contribution in [0.2, 0.25) is 0 Å². The van der Waals surface area contributed by atoms with Gasteiger partial charge in [0.15, 0.2) is 0 Å². The maximum absolute atomic E-state index is 6.88. The molecule has 1 aromatic heterocycles. The smallest absolute Gasteiger partial charge is 0.119 e. The van der Waals surface area contributed by atoms with Crippen LogP contribution >= 0.6 is 0 Å². The molecule has 0 spiro atoms. The highest BCUT2D eigenvalue weighted by molar-refractivity contribution is 5.90. The molecular weight excluding hydrogens is 238 g/mol. The normalized spacial score (nSPS) is 11.8. The van der Waals surface area contributed by atoms with E-state index < -0.39 is 0 Å². The van der Waals surface area contributed by atoms with E-state index in [9.17, 15) is 0 Å². The number of hydrogen-bond acceptors (Lipinski definition) is 3. The monoisotopic (exact) mass is 257 g/mol. The lowest BCUT2D eigenvalue weighted by Gasteiger charge is -2.02. The first-order valence-corrected chi connectivity index (χ1v) is 6.46. The molecule has 19 heavy (non-hydrogen) atoms. The van der Waals surface area contributed by atoms with Crippen LogP contribution in [0.1, 0.15) is 25.3 Å². The number of fused-ring (bicyclic) bond motifs is 1. The third-order valence-corrected chi connectivity index (χ3v) is 3.28. The van der Waals surface area contributed by atoms with Crippen molar-refractivity contribution in [3.63, 3.8) is 0 Å². The van der Waals surface area contributed by atoms with E-state index in [0.29, 0.717) is 6.54 Å². The summed E-state index contributed by atoms with van der Waals surface area (Å²) in [5.41, 5.74) is 10.5. The van der Waals surface area contributed by atoms with Gasteiger partial charge in [0.2, 0.25) is 0 Å². The number of ether oxygens (including phenoxy) is 1. The average Bonchev–Trinajstić information content (AvgIpc) is 2.85. The maximum Gasteiger partial charge on any atom is 0.119 e. The molecule has 4 nitrogen and oxygen atoms in total. The standard InChI is InChI=1S/C15H19N3O/c1-3-11(6-7-18-16)8-12-10-17-15-5-4-13(19-2)9-14(12)15/h4-5,8-10,16-17H,3,6-7H2,1-2H3. The van der Waals surface area contributed by atoms with Crippen LogP contribution < -0.4 is 4.74 Å². The van der Waals surface area contributed by atoms with Crippen LogP contribution in [0.25, 0.3) is 17.0 Å². The third kappa shape index (κ3) is 3.02. The summed E-state index contributed by atoms with van der Waals surface area (Å²) in [6.07, 6.45) is 6.02. The zero-order valence-corrected chi connectivity index (χ0v) is 11.4. The second-order valence-corrected chi connectivity index (χ2v) is 4.44. The van der Waals surface area contributed by atoms with E-state index in [4.69, 9.17) is 10.3 Å². The van der Waals surface area contributed by atoms with Gasteiger partial charge in [-0.15, -0.1) is 0 Å². The molecule has 0 aliphatic rings. The van der Waals surface area contributed by atoms with Crippen molar-refractivity contribution >= 4 is 17.0 Å². The Morgan fingerprint density at radius 3 is 3.00 bits per heavy atom. The van der Waals surface area contributed by atoms with Gasteiger partial charge in [-0.25, -0.2) is 5.53 Å². The van der Waals surface area contributed by atoms with Crippen molar-refractivity contribution in [2.75, 3.05) is 13.7 Å². The molecule has 0 saturated carbocycles. The Hall–Kier alpha value is -2.10. The molecule has 0 aliphatic carbocycles. The zero-order chi connectivity index (χ0) is 13.7. The second kappa shape index (κ2) is 6.18. The van der Waals surface area contributed by atoms with Crippen LogP contribution in [0.3, 0.4) is 0 Å². The van der Waals surface area contributed by atoms with Gasteiger partial charge in [0.1, 0.15) is 5.75 Å². The van der Waals surface area contributed by atoms with Gasteiger partial charge in [0.05, 0.1) is 13.7 Å². The Morgan fingerprint density at radius 2 is 2.32 bits per heavy atom. The van der Waals surface area contributed by atoms with Crippen molar-refractivity contribution in [2.24, 2.45) is 5.11 Å². The highest BCUT2D eigenvalue weighted by Crippen LogP contribution is 2.26. The molecule has 4 heteroatoms. The first kappa shape index (κ1) is 13.3. The molecule has 0 radical (unpaired) electrons. The summed E-state index contributed by atoms with van der Waals surface area (Å²) in [6.45, 7) is 2.69. The fraction of sp³-hybridized carbons (Fsp3) is 0.333. The van der Waals surface area contributed by atoms with E-state index in [-0.39, 0.29) is 0 Å². The molecule has 1 heterocycles. The minimum absolute atomic E-state index is 0.561. The minimum atomic E-state index is 0.561. The van der Waals surface area contributed by atoms with E-state index in [1.807, 2.05) is 24.4 Å². The van der Waals surface area contributed by atoms with Crippen molar-refractivity contribution in [2.45, 2.75) is 19.8 Å². The number of aromatic nitrogens is 1. The summed E-state index contributed by atoms with van der Waals surface area (Å²) >= 11 is 0. The van der Waals surface area contributed by atoms with Crippen LogP contribution in [0.5, 0.6) is 5.75 Å². The molecule has 100 valence electrons. The molecule has 0 fully saturated rings. The molecule has 0 unspecified atom stereocenters. The Kier molecular flexibility index (Phi) is 4.34. The predicted octanol–water partition coefficient (Wildman–Crippen LogP) is 4.39. The third-order valence-electron chi connectivity index (χ3n) is 3.28.